The highest BCUT2D eigenvalue weighted by Gasteiger charge is 2.32. The first kappa shape index (κ1) is 17.8. The Balaban J connectivity index is 1.33. The summed E-state index contributed by atoms with van der Waals surface area (Å²) in [6.07, 6.45) is 3.26. The van der Waals surface area contributed by atoms with Gasteiger partial charge in [-0.25, -0.2) is 9.48 Å². The number of carbonyl (C=O) groups excluding carboxylic acids is 1. The van der Waals surface area contributed by atoms with Crippen LogP contribution in [0.2, 0.25) is 0 Å². The van der Waals surface area contributed by atoms with E-state index in [4.69, 9.17) is 4.74 Å². The Hall–Kier alpha value is -2.57. The molecule has 0 bridgehead atoms. The molecule has 0 radical (unpaired) electrons. The molecule has 1 saturated heterocycles. The minimum atomic E-state index is -0.132. The van der Waals surface area contributed by atoms with Crippen LogP contribution >= 0.6 is 0 Å². The third kappa shape index (κ3) is 3.63. The van der Waals surface area contributed by atoms with Crippen molar-refractivity contribution < 1.29 is 9.53 Å². The molecule has 1 aromatic heterocycles. The zero-order valence-electron chi connectivity index (χ0n) is 15.9. The van der Waals surface area contributed by atoms with Crippen LogP contribution in [0.15, 0.2) is 29.1 Å². The summed E-state index contributed by atoms with van der Waals surface area (Å²) in [4.78, 5) is 27.0. The lowest BCUT2D eigenvalue weighted by Crippen LogP contribution is -2.46. The van der Waals surface area contributed by atoms with Crippen molar-refractivity contribution in [2.24, 2.45) is 13.0 Å². The predicted molar refractivity (Wildman–Crippen MR) is 101 cm³/mol. The predicted octanol–water partition coefficient (Wildman–Crippen LogP) is 1.52. The van der Waals surface area contributed by atoms with Gasteiger partial charge >= 0.3 is 5.69 Å². The van der Waals surface area contributed by atoms with E-state index in [-0.39, 0.29) is 23.6 Å². The second kappa shape index (κ2) is 7.21. The molecule has 0 saturated carbocycles. The molecule has 2 aliphatic heterocycles. The molecule has 1 aromatic carbocycles. The maximum Gasteiger partial charge on any atom is 0.345 e. The highest BCUT2D eigenvalue weighted by molar-refractivity contribution is 5.79. The van der Waals surface area contributed by atoms with E-state index in [2.05, 4.69) is 12.0 Å². The molecule has 4 rings (SSSR count). The van der Waals surface area contributed by atoms with Crippen molar-refractivity contribution in [3.05, 3.63) is 46.1 Å². The van der Waals surface area contributed by atoms with Crippen LogP contribution in [0.3, 0.4) is 0 Å². The molecule has 2 aromatic rings. The maximum absolute atomic E-state index is 12.9. The summed E-state index contributed by atoms with van der Waals surface area (Å²) >= 11 is 0. The molecule has 0 spiro atoms. The number of hydrogen-bond donors (Lipinski definition) is 0. The van der Waals surface area contributed by atoms with Crippen LogP contribution in [-0.2, 0) is 24.8 Å². The molecule has 1 atom stereocenters. The van der Waals surface area contributed by atoms with Gasteiger partial charge < -0.3 is 9.64 Å². The minimum absolute atomic E-state index is 0.131. The minimum Gasteiger partial charge on any atom is -0.490 e. The number of fused-ring (bicyclic) bond motifs is 1. The SMILES string of the molecule is Cc1ccc(OC2CCN(C(=O)[C@@H]3CCc4nn(C)c(=O)n4C3)CC2)cc1. The first-order valence-corrected chi connectivity index (χ1v) is 9.66. The van der Waals surface area contributed by atoms with Crippen LogP contribution in [0.5, 0.6) is 5.75 Å². The van der Waals surface area contributed by atoms with Gasteiger partial charge in [0.1, 0.15) is 17.7 Å². The summed E-state index contributed by atoms with van der Waals surface area (Å²) in [7, 11) is 1.66. The average molecular weight is 370 g/mol. The van der Waals surface area contributed by atoms with E-state index in [1.807, 2.05) is 29.2 Å². The van der Waals surface area contributed by atoms with E-state index in [0.29, 0.717) is 26.1 Å². The molecule has 27 heavy (non-hydrogen) atoms. The third-order valence-electron chi connectivity index (χ3n) is 5.63. The Kier molecular flexibility index (Phi) is 4.76. The van der Waals surface area contributed by atoms with Gasteiger partial charge in [0, 0.05) is 45.9 Å². The lowest BCUT2D eigenvalue weighted by atomic mass is 9.96. The zero-order chi connectivity index (χ0) is 19.0. The lowest BCUT2D eigenvalue weighted by molar-refractivity contribution is -0.138. The molecular weight excluding hydrogens is 344 g/mol. The van der Waals surface area contributed by atoms with Gasteiger partial charge in [0.25, 0.3) is 0 Å². The van der Waals surface area contributed by atoms with Gasteiger partial charge in [-0.1, -0.05) is 17.7 Å². The summed E-state index contributed by atoms with van der Waals surface area (Å²) in [5.41, 5.74) is 1.08. The van der Waals surface area contributed by atoms with E-state index in [1.165, 1.54) is 10.2 Å². The van der Waals surface area contributed by atoms with Gasteiger partial charge in [-0.05, 0) is 25.5 Å². The fourth-order valence-electron chi connectivity index (χ4n) is 4.00. The topological polar surface area (TPSA) is 69.4 Å². The van der Waals surface area contributed by atoms with E-state index in [0.717, 1.165) is 30.8 Å². The number of hydrogen-bond acceptors (Lipinski definition) is 4. The quantitative estimate of drug-likeness (QED) is 0.822. The van der Waals surface area contributed by atoms with Crippen LogP contribution in [0.25, 0.3) is 0 Å². The highest BCUT2D eigenvalue weighted by Crippen LogP contribution is 2.23. The summed E-state index contributed by atoms with van der Waals surface area (Å²) in [5.74, 6) is 1.71. The molecule has 2 aliphatic rings. The first-order chi connectivity index (χ1) is 13.0. The molecule has 144 valence electrons. The Labute approximate surface area is 158 Å². The largest absolute Gasteiger partial charge is 0.490 e. The number of rotatable bonds is 3. The molecular formula is C20H26N4O3. The number of carbonyl (C=O) groups is 1. The van der Waals surface area contributed by atoms with Crippen molar-refractivity contribution in [2.45, 2.75) is 45.3 Å². The van der Waals surface area contributed by atoms with E-state index in [1.54, 1.807) is 11.6 Å². The number of aromatic nitrogens is 3. The van der Waals surface area contributed by atoms with Crippen LogP contribution in [0, 0.1) is 12.8 Å². The van der Waals surface area contributed by atoms with Crippen molar-refractivity contribution in [1.82, 2.24) is 19.2 Å². The van der Waals surface area contributed by atoms with Crippen molar-refractivity contribution in [1.29, 1.82) is 0 Å². The van der Waals surface area contributed by atoms with Gasteiger partial charge in [0.05, 0.1) is 5.92 Å². The van der Waals surface area contributed by atoms with Crippen molar-refractivity contribution in [3.63, 3.8) is 0 Å². The summed E-state index contributed by atoms with van der Waals surface area (Å²) in [6.45, 7) is 3.92. The van der Waals surface area contributed by atoms with Crippen LogP contribution in [0.4, 0.5) is 0 Å². The van der Waals surface area contributed by atoms with E-state index >= 15 is 0 Å². The molecule has 0 aliphatic carbocycles. The van der Waals surface area contributed by atoms with Crippen molar-refractivity contribution in [2.75, 3.05) is 13.1 Å². The third-order valence-corrected chi connectivity index (χ3v) is 5.63. The average Bonchev–Trinajstić information content (AvgIpc) is 2.97. The molecule has 7 nitrogen and oxygen atoms in total. The van der Waals surface area contributed by atoms with Gasteiger partial charge in [-0.2, -0.15) is 5.10 Å². The number of benzene rings is 1. The number of nitrogens with zero attached hydrogens (tertiary/aromatic N) is 4. The molecule has 3 heterocycles. The van der Waals surface area contributed by atoms with E-state index < -0.39 is 0 Å². The number of likely N-dealkylation sites (tertiary alicyclic amines) is 1. The van der Waals surface area contributed by atoms with Gasteiger partial charge in [0.2, 0.25) is 5.91 Å². The number of ether oxygens (including phenoxy) is 1. The number of aryl methyl sites for hydroxylation is 3. The molecule has 0 unspecified atom stereocenters. The second-order valence-electron chi connectivity index (χ2n) is 7.62. The second-order valence-corrected chi connectivity index (χ2v) is 7.62. The molecule has 1 fully saturated rings. The Morgan fingerprint density at radius 2 is 1.85 bits per heavy atom. The van der Waals surface area contributed by atoms with Gasteiger partial charge in [0.15, 0.2) is 0 Å². The van der Waals surface area contributed by atoms with Crippen LogP contribution in [-0.4, -0.2) is 44.3 Å². The number of piperidine rings is 1. The number of amides is 1. The van der Waals surface area contributed by atoms with Gasteiger partial charge in [-0.3, -0.25) is 9.36 Å². The van der Waals surface area contributed by atoms with Crippen molar-refractivity contribution in [3.8, 4) is 5.75 Å². The standard InChI is InChI=1S/C20H26N4O3/c1-14-3-6-16(7-4-14)27-17-9-11-23(12-10-17)19(25)15-5-8-18-21-22(2)20(26)24(18)13-15/h3-4,6-7,15,17H,5,8-13H2,1-2H3/t15-/m1/s1. The van der Waals surface area contributed by atoms with Crippen LogP contribution in [0.1, 0.15) is 30.7 Å². The summed E-state index contributed by atoms with van der Waals surface area (Å²) in [6, 6.07) is 8.09. The highest BCUT2D eigenvalue weighted by atomic mass is 16.5. The van der Waals surface area contributed by atoms with Crippen molar-refractivity contribution >= 4 is 5.91 Å². The maximum atomic E-state index is 12.9. The smallest absolute Gasteiger partial charge is 0.345 e. The molecule has 0 N–H and O–H groups in total. The Morgan fingerprint density at radius 3 is 2.56 bits per heavy atom. The zero-order valence-corrected chi connectivity index (χ0v) is 15.9. The van der Waals surface area contributed by atoms with Crippen LogP contribution < -0.4 is 10.4 Å². The fourth-order valence-corrected chi connectivity index (χ4v) is 4.00. The summed E-state index contributed by atoms with van der Waals surface area (Å²) < 4.78 is 9.06. The first-order valence-electron chi connectivity index (χ1n) is 9.66. The Morgan fingerprint density at radius 1 is 1.15 bits per heavy atom. The Bertz CT molecular complexity index is 876. The monoisotopic (exact) mass is 370 g/mol. The lowest BCUT2D eigenvalue weighted by Gasteiger charge is -2.35. The van der Waals surface area contributed by atoms with Gasteiger partial charge in [-0.15, -0.1) is 0 Å². The molecule has 1 amide bonds. The molecule has 7 heteroatoms. The van der Waals surface area contributed by atoms with E-state index in [9.17, 15) is 9.59 Å². The fraction of sp³-hybridized carbons (Fsp3) is 0.550. The summed E-state index contributed by atoms with van der Waals surface area (Å²) in [5, 5.41) is 4.24. The normalized spacial score (nSPS) is 20.4.